The van der Waals surface area contributed by atoms with E-state index in [-0.39, 0.29) is 10.8 Å². The zero-order valence-corrected chi connectivity index (χ0v) is 14.6. The van der Waals surface area contributed by atoms with Crippen molar-refractivity contribution in [3.05, 3.63) is 11.4 Å². The summed E-state index contributed by atoms with van der Waals surface area (Å²) >= 11 is 0. The van der Waals surface area contributed by atoms with Gasteiger partial charge >= 0.3 is 0 Å². The van der Waals surface area contributed by atoms with Crippen LogP contribution in [0, 0.1) is 5.41 Å². The van der Waals surface area contributed by atoms with Crippen molar-refractivity contribution in [2.45, 2.75) is 92.5 Å². The van der Waals surface area contributed by atoms with Crippen molar-refractivity contribution in [3.8, 4) is 0 Å². The van der Waals surface area contributed by atoms with Crippen LogP contribution in [0.2, 0.25) is 0 Å². The smallest absolute Gasteiger partial charge is 0.0912 e. The van der Waals surface area contributed by atoms with Crippen molar-refractivity contribution < 1.29 is 0 Å². The van der Waals surface area contributed by atoms with Crippen LogP contribution >= 0.6 is 0 Å². The first-order valence-electron chi connectivity index (χ1n) is 8.08. The number of nitrogens with zero attached hydrogens (tertiary/aromatic N) is 3. The van der Waals surface area contributed by atoms with Gasteiger partial charge in [0.25, 0.3) is 0 Å². The lowest BCUT2D eigenvalue weighted by atomic mass is 9.84. The van der Waals surface area contributed by atoms with Gasteiger partial charge < -0.3 is 0 Å². The third-order valence-electron chi connectivity index (χ3n) is 3.47. The van der Waals surface area contributed by atoms with E-state index in [1.54, 1.807) is 0 Å². The van der Waals surface area contributed by atoms with E-state index in [2.05, 4.69) is 63.5 Å². The van der Waals surface area contributed by atoms with Crippen LogP contribution in [-0.4, -0.2) is 15.0 Å². The van der Waals surface area contributed by atoms with Gasteiger partial charge in [0.2, 0.25) is 0 Å². The highest BCUT2D eigenvalue weighted by Crippen LogP contribution is 2.29. The molecule has 0 atom stereocenters. The minimum absolute atomic E-state index is 0.0717. The first kappa shape index (κ1) is 17.2. The Morgan fingerprint density at radius 3 is 2.10 bits per heavy atom. The van der Waals surface area contributed by atoms with Gasteiger partial charge in [-0.25, -0.2) is 4.68 Å². The van der Waals surface area contributed by atoms with Crippen molar-refractivity contribution in [1.29, 1.82) is 0 Å². The summed E-state index contributed by atoms with van der Waals surface area (Å²) in [5, 5.41) is 8.91. The van der Waals surface area contributed by atoms with Gasteiger partial charge in [0.1, 0.15) is 0 Å². The van der Waals surface area contributed by atoms with Crippen molar-refractivity contribution in [2.24, 2.45) is 5.41 Å². The van der Waals surface area contributed by atoms with E-state index >= 15 is 0 Å². The van der Waals surface area contributed by atoms with E-state index in [4.69, 9.17) is 0 Å². The second kappa shape index (κ2) is 6.73. The Hall–Kier alpha value is -0.860. The van der Waals surface area contributed by atoms with Crippen LogP contribution in [0.25, 0.3) is 0 Å². The molecule has 0 aliphatic rings. The summed E-state index contributed by atoms with van der Waals surface area (Å²) in [6.07, 6.45) is 6.13. The molecule has 1 rings (SSSR count). The molecule has 1 aromatic rings. The predicted molar refractivity (Wildman–Crippen MR) is 86.0 cm³/mol. The van der Waals surface area contributed by atoms with Crippen LogP contribution in [0.3, 0.4) is 0 Å². The second-order valence-corrected chi connectivity index (χ2v) is 8.16. The van der Waals surface area contributed by atoms with Crippen LogP contribution in [0.15, 0.2) is 0 Å². The zero-order chi connectivity index (χ0) is 15.4. The lowest BCUT2D eigenvalue weighted by Gasteiger charge is -2.23. The number of aromatic nitrogens is 3. The standard InChI is InChI=1S/C17H33N3/c1-8-9-10-11-12-20-14(13-16(2,3)4)15(18-19-20)17(5,6)7/h8-13H2,1-7H3. The zero-order valence-electron chi connectivity index (χ0n) is 14.6. The molecule has 0 radical (unpaired) electrons. The van der Waals surface area contributed by atoms with E-state index in [0.717, 1.165) is 13.0 Å². The predicted octanol–water partition coefficient (Wildman–Crippen LogP) is 4.74. The molecule has 0 fully saturated rings. The molecular weight excluding hydrogens is 246 g/mol. The van der Waals surface area contributed by atoms with E-state index in [9.17, 15) is 0 Å². The summed E-state index contributed by atoms with van der Waals surface area (Å²) in [6, 6.07) is 0. The largest absolute Gasteiger partial charge is 0.249 e. The molecule has 0 amide bonds. The number of unbranched alkanes of at least 4 members (excludes halogenated alkanes) is 3. The quantitative estimate of drug-likeness (QED) is 0.704. The molecule has 1 heterocycles. The molecule has 0 aliphatic carbocycles. The minimum atomic E-state index is 0.0717. The lowest BCUT2D eigenvalue weighted by molar-refractivity contribution is 0.384. The highest BCUT2D eigenvalue weighted by molar-refractivity contribution is 5.20. The maximum absolute atomic E-state index is 4.48. The summed E-state index contributed by atoms with van der Waals surface area (Å²) in [5.74, 6) is 0. The molecule has 0 aromatic carbocycles. The average Bonchev–Trinajstić information content (AvgIpc) is 2.65. The highest BCUT2D eigenvalue weighted by Gasteiger charge is 2.27. The number of hydrogen-bond donors (Lipinski definition) is 0. The number of rotatable bonds is 6. The SMILES string of the molecule is CCCCCCn1nnc(C(C)(C)C)c1CC(C)(C)C. The lowest BCUT2D eigenvalue weighted by Crippen LogP contribution is -2.20. The minimum Gasteiger partial charge on any atom is -0.249 e. The molecule has 3 heteroatoms. The summed E-state index contributed by atoms with van der Waals surface area (Å²) in [5.41, 5.74) is 2.84. The molecular formula is C17H33N3. The van der Waals surface area contributed by atoms with Crippen LogP contribution < -0.4 is 0 Å². The molecule has 0 aliphatic heterocycles. The monoisotopic (exact) mass is 279 g/mol. The molecule has 20 heavy (non-hydrogen) atoms. The van der Waals surface area contributed by atoms with Crippen LogP contribution in [-0.2, 0) is 18.4 Å². The normalized spacial score (nSPS) is 12.9. The Morgan fingerprint density at radius 2 is 1.60 bits per heavy atom. The molecule has 1 aromatic heterocycles. The fourth-order valence-corrected chi connectivity index (χ4v) is 2.46. The van der Waals surface area contributed by atoms with Gasteiger partial charge in [-0.05, 0) is 18.3 Å². The average molecular weight is 279 g/mol. The van der Waals surface area contributed by atoms with E-state index in [0.29, 0.717) is 0 Å². The maximum atomic E-state index is 4.48. The summed E-state index contributed by atoms with van der Waals surface area (Å²) in [4.78, 5) is 0. The highest BCUT2D eigenvalue weighted by atomic mass is 15.4. The number of aryl methyl sites for hydroxylation is 1. The van der Waals surface area contributed by atoms with Crippen LogP contribution in [0.1, 0.15) is 85.5 Å². The first-order valence-corrected chi connectivity index (χ1v) is 8.08. The van der Waals surface area contributed by atoms with Gasteiger partial charge in [-0.2, -0.15) is 0 Å². The van der Waals surface area contributed by atoms with Gasteiger partial charge in [0.05, 0.1) is 11.4 Å². The first-order chi connectivity index (χ1) is 9.15. The number of hydrogen-bond acceptors (Lipinski definition) is 2. The third-order valence-corrected chi connectivity index (χ3v) is 3.47. The third kappa shape index (κ3) is 5.26. The van der Waals surface area contributed by atoms with Crippen LogP contribution in [0.5, 0.6) is 0 Å². The molecule has 116 valence electrons. The van der Waals surface area contributed by atoms with Crippen molar-refractivity contribution in [3.63, 3.8) is 0 Å². The molecule has 0 saturated heterocycles. The Labute approximate surface area is 125 Å². The summed E-state index contributed by atoms with van der Waals surface area (Å²) in [6.45, 7) is 16.8. The Kier molecular flexibility index (Phi) is 5.79. The van der Waals surface area contributed by atoms with Gasteiger partial charge in [-0.1, -0.05) is 72.9 Å². The van der Waals surface area contributed by atoms with Crippen molar-refractivity contribution in [1.82, 2.24) is 15.0 Å². The summed E-state index contributed by atoms with van der Waals surface area (Å²) < 4.78 is 2.15. The Morgan fingerprint density at radius 1 is 0.950 bits per heavy atom. The van der Waals surface area contributed by atoms with E-state index < -0.39 is 0 Å². The van der Waals surface area contributed by atoms with Gasteiger partial charge in [0.15, 0.2) is 0 Å². The van der Waals surface area contributed by atoms with Crippen molar-refractivity contribution in [2.75, 3.05) is 0 Å². The van der Waals surface area contributed by atoms with E-state index in [1.165, 1.54) is 37.1 Å². The van der Waals surface area contributed by atoms with Crippen LogP contribution in [0.4, 0.5) is 0 Å². The van der Waals surface area contributed by atoms with E-state index in [1.807, 2.05) is 0 Å². The fraction of sp³-hybridized carbons (Fsp3) is 0.882. The molecule has 3 nitrogen and oxygen atoms in total. The van der Waals surface area contributed by atoms with Gasteiger partial charge in [-0.15, -0.1) is 5.10 Å². The topological polar surface area (TPSA) is 30.7 Å². The molecule has 0 bridgehead atoms. The molecule has 0 N–H and O–H groups in total. The molecule has 0 spiro atoms. The Bertz CT molecular complexity index is 405. The van der Waals surface area contributed by atoms with Crippen molar-refractivity contribution >= 4 is 0 Å². The molecule has 0 saturated carbocycles. The van der Waals surface area contributed by atoms with Gasteiger partial charge in [0, 0.05) is 12.0 Å². The Balaban J connectivity index is 2.91. The maximum Gasteiger partial charge on any atom is 0.0912 e. The second-order valence-electron chi connectivity index (χ2n) is 8.16. The fourth-order valence-electron chi connectivity index (χ4n) is 2.46. The van der Waals surface area contributed by atoms with Gasteiger partial charge in [-0.3, -0.25) is 0 Å². The molecule has 0 unspecified atom stereocenters. The summed E-state index contributed by atoms with van der Waals surface area (Å²) in [7, 11) is 0.